The van der Waals surface area contributed by atoms with Gasteiger partial charge < -0.3 is 14.4 Å². The Morgan fingerprint density at radius 1 is 1.08 bits per heavy atom. The number of amides is 3. The average molecular weight is 489 g/mol. The summed E-state index contributed by atoms with van der Waals surface area (Å²) >= 11 is 0. The lowest BCUT2D eigenvalue weighted by atomic mass is 9.93. The number of piperidine rings is 2. The Kier molecular flexibility index (Phi) is 5.62. The van der Waals surface area contributed by atoms with E-state index in [-0.39, 0.29) is 23.8 Å². The molecule has 2 aromatic carbocycles. The minimum absolute atomic E-state index is 0.00909. The number of carbonyl (C=O) groups is 3. The average Bonchev–Trinajstić information content (AvgIpc) is 3.49. The molecule has 2 saturated heterocycles. The molecule has 3 aliphatic rings. The number of ether oxygens (including phenoxy) is 2. The number of carbonyl (C=O) groups excluding carboxylic acids is 3. The summed E-state index contributed by atoms with van der Waals surface area (Å²) in [5.74, 6) is 0.448. The first kappa shape index (κ1) is 22.6. The number of para-hydroxylation sites is 2. The second kappa shape index (κ2) is 8.96. The van der Waals surface area contributed by atoms with Crippen LogP contribution in [0.1, 0.15) is 53.2 Å². The van der Waals surface area contributed by atoms with Gasteiger partial charge in [0, 0.05) is 51.2 Å². The van der Waals surface area contributed by atoms with Gasteiger partial charge in [0.05, 0.1) is 23.8 Å². The first-order chi connectivity index (χ1) is 17.5. The van der Waals surface area contributed by atoms with E-state index in [1.165, 1.54) is 0 Å². The molecule has 1 N–H and O–H groups in total. The second-order valence-electron chi connectivity index (χ2n) is 9.67. The van der Waals surface area contributed by atoms with Crippen molar-refractivity contribution in [2.75, 3.05) is 19.7 Å². The fourth-order valence-corrected chi connectivity index (χ4v) is 5.55. The molecule has 36 heavy (non-hydrogen) atoms. The molecule has 3 amide bonds. The van der Waals surface area contributed by atoms with Crippen LogP contribution in [0.3, 0.4) is 0 Å². The third kappa shape index (κ3) is 3.88. The normalized spacial score (nSPS) is 20.2. The van der Waals surface area contributed by atoms with Gasteiger partial charge >= 0.3 is 0 Å². The minimum atomic E-state index is -0.459. The Morgan fingerprint density at radius 2 is 1.89 bits per heavy atom. The highest BCUT2D eigenvalue weighted by Crippen LogP contribution is 2.36. The lowest BCUT2D eigenvalue weighted by Gasteiger charge is -2.32. The Bertz CT molecular complexity index is 1370. The van der Waals surface area contributed by atoms with Crippen LogP contribution in [0.2, 0.25) is 0 Å². The van der Waals surface area contributed by atoms with Gasteiger partial charge in [0.1, 0.15) is 23.1 Å². The van der Waals surface area contributed by atoms with Crippen LogP contribution in [-0.2, 0) is 23.1 Å². The Morgan fingerprint density at radius 3 is 2.69 bits per heavy atom. The monoisotopic (exact) mass is 488 g/mol. The Hall–Kier alpha value is -3.88. The summed E-state index contributed by atoms with van der Waals surface area (Å²) in [7, 11) is 1.84. The van der Waals surface area contributed by atoms with E-state index in [4.69, 9.17) is 9.47 Å². The van der Waals surface area contributed by atoms with Crippen molar-refractivity contribution in [3.63, 3.8) is 0 Å². The maximum atomic E-state index is 13.2. The molecular weight excluding hydrogens is 460 g/mol. The van der Waals surface area contributed by atoms with Crippen LogP contribution >= 0.6 is 0 Å². The van der Waals surface area contributed by atoms with Crippen molar-refractivity contribution in [1.29, 1.82) is 0 Å². The van der Waals surface area contributed by atoms with Crippen molar-refractivity contribution in [3.8, 4) is 11.5 Å². The summed E-state index contributed by atoms with van der Waals surface area (Å²) in [6.45, 7) is 1.84. The number of hydrogen-bond acceptors (Lipinski definition) is 6. The van der Waals surface area contributed by atoms with Gasteiger partial charge in [-0.15, -0.1) is 0 Å². The number of fused-ring (bicyclic) bond motifs is 2. The first-order valence-corrected chi connectivity index (χ1v) is 12.5. The molecule has 186 valence electrons. The molecule has 1 atom stereocenters. The molecule has 0 aliphatic carbocycles. The van der Waals surface area contributed by atoms with Crippen LogP contribution in [0, 0.1) is 0 Å². The van der Waals surface area contributed by atoms with Crippen LogP contribution in [-0.4, -0.2) is 58.2 Å². The van der Waals surface area contributed by atoms with Gasteiger partial charge in [-0.05, 0) is 24.1 Å². The van der Waals surface area contributed by atoms with Crippen molar-refractivity contribution in [3.05, 3.63) is 53.2 Å². The number of likely N-dealkylation sites (tertiary alicyclic amines) is 1. The molecule has 6 rings (SSSR count). The highest BCUT2D eigenvalue weighted by Gasteiger charge is 2.33. The molecule has 0 bridgehead atoms. The number of aromatic nitrogens is 2. The first-order valence-electron chi connectivity index (χ1n) is 12.5. The molecule has 0 saturated carbocycles. The third-order valence-corrected chi connectivity index (χ3v) is 7.39. The molecule has 3 aromatic rings. The largest absolute Gasteiger partial charge is 0.492 e. The molecule has 1 unspecified atom stereocenters. The topological polar surface area (TPSA) is 103 Å². The molecule has 2 fully saturated rings. The van der Waals surface area contributed by atoms with E-state index in [0.717, 1.165) is 41.5 Å². The van der Waals surface area contributed by atoms with Crippen LogP contribution in [0.5, 0.6) is 11.5 Å². The zero-order chi connectivity index (χ0) is 24.8. The molecular formula is C27H28N4O5. The highest BCUT2D eigenvalue weighted by atomic mass is 16.5. The quantitative estimate of drug-likeness (QED) is 0.567. The summed E-state index contributed by atoms with van der Waals surface area (Å²) in [6, 6.07) is 11.6. The second-order valence-corrected chi connectivity index (χ2v) is 9.67. The Balaban J connectivity index is 1.17. The van der Waals surface area contributed by atoms with Crippen LogP contribution in [0.15, 0.2) is 36.4 Å². The van der Waals surface area contributed by atoms with Gasteiger partial charge in [0.15, 0.2) is 0 Å². The van der Waals surface area contributed by atoms with E-state index in [0.29, 0.717) is 49.5 Å². The van der Waals surface area contributed by atoms with Crippen molar-refractivity contribution >= 4 is 28.6 Å². The van der Waals surface area contributed by atoms with Crippen molar-refractivity contribution < 1.29 is 23.9 Å². The van der Waals surface area contributed by atoms with E-state index >= 15 is 0 Å². The summed E-state index contributed by atoms with van der Waals surface area (Å²) in [4.78, 5) is 39.1. The van der Waals surface area contributed by atoms with Crippen LogP contribution in [0.25, 0.3) is 10.9 Å². The summed E-state index contributed by atoms with van der Waals surface area (Å²) in [6.07, 6.45) is 3.00. The SMILES string of the molecule is Cn1nc(C2CCC(=O)NC2=O)c2cccc(OC3CCN(C(=O)c4cccc5c4OCC5)CC3)c21. The summed E-state index contributed by atoms with van der Waals surface area (Å²) < 4.78 is 13.9. The number of aryl methyl sites for hydroxylation is 1. The van der Waals surface area contributed by atoms with Gasteiger partial charge in [-0.25, -0.2) is 0 Å². The maximum absolute atomic E-state index is 13.2. The lowest BCUT2D eigenvalue weighted by molar-refractivity contribution is -0.134. The molecule has 3 aliphatic heterocycles. The molecule has 0 radical (unpaired) electrons. The number of rotatable bonds is 4. The highest BCUT2D eigenvalue weighted by molar-refractivity contribution is 6.03. The summed E-state index contributed by atoms with van der Waals surface area (Å²) in [5.41, 5.74) is 3.23. The fourth-order valence-electron chi connectivity index (χ4n) is 5.55. The van der Waals surface area contributed by atoms with E-state index in [1.807, 2.05) is 48.3 Å². The van der Waals surface area contributed by atoms with E-state index in [2.05, 4.69) is 10.4 Å². The number of nitrogens with zero attached hydrogens (tertiary/aromatic N) is 3. The predicted octanol–water partition coefficient (Wildman–Crippen LogP) is 2.71. The lowest BCUT2D eigenvalue weighted by Crippen LogP contribution is -2.41. The standard InChI is InChI=1S/C27H28N4O5/c1-30-24-18(23(29-30)19-8-9-22(32)28-26(19)33)5-3-7-21(24)36-17-10-13-31(14-11-17)27(34)20-6-2-4-16-12-15-35-25(16)20/h2-7,17,19H,8-15H2,1H3,(H,28,32,33). The van der Waals surface area contributed by atoms with Gasteiger partial charge in [0.2, 0.25) is 11.8 Å². The Labute approximate surface area is 208 Å². The number of imide groups is 1. The number of nitrogens with one attached hydrogen (secondary N) is 1. The minimum Gasteiger partial charge on any atom is -0.492 e. The molecule has 1 aromatic heterocycles. The van der Waals surface area contributed by atoms with Crippen molar-refractivity contribution in [1.82, 2.24) is 20.0 Å². The van der Waals surface area contributed by atoms with E-state index in [9.17, 15) is 14.4 Å². The zero-order valence-electron chi connectivity index (χ0n) is 20.2. The van der Waals surface area contributed by atoms with Gasteiger partial charge in [-0.3, -0.25) is 24.4 Å². The van der Waals surface area contributed by atoms with Gasteiger partial charge in [-0.1, -0.05) is 24.3 Å². The molecule has 9 nitrogen and oxygen atoms in total. The molecule has 4 heterocycles. The molecule has 9 heteroatoms. The maximum Gasteiger partial charge on any atom is 0.257 e. The van der Waals surface area contributed by atoms with Crippen molar-refractivity contribution in [2.45, 2.75) is 44.1 Å². The fraction of sp³-hybridized carbons (Fsp3) is 0.407. The van der Waals surface area contributed by atoms with E-state index < -0.39 is 5.92 Å². The number of benzene rings is 2. The predicted molar refractivity (Wildman–Crippen MR) is 131 cm³/mol. The van der Waals surface area contributed by atoms with E-state index in [1.54, 1.807) is 4.68 Å². The smallest absolute Gasteiger partial charge is 0.257 e. The van der Waals surface area contributed by atoms with Gasteiger partial charge in [0.25, 0.3) is 5.91 Å². The van der Waals surface area contributed by atoms with Crippen molar-refractivity contribution in [2.24, 2.45) is 7.05 Å². The zero-order valence-corrected chi connectivity index (χ0v) is 20.2. The number of hydrogen-bond donors (Lipinski definition) is 1. The molecule has 0 spiro atoms. The van der Waals surface area contributed by atoms with Crippen LogP contribution in [0.4, 0.5) is 0 Å². The van der Waals surface area contributed by atoms with Crippen LogP contribution < -0.4 is 14.8 Å². The third-order valence-electron chi connectivity index (χ3n) is 7.39. The summed E-state index contributed by atoms with van der Waals surface area (Å²) in [5, 5.41) is 7.92. The van der Waals surface area contributed by atoms with Gasteiger partial charge in [-0.2, -0.15) is 5.10 Å².